The number of carbonyl (C=O) groups excluding carboxylic acids is 1. The van der Waals surface area contributed by atoms with Crippen molar-refractivity contribution in [1.82, 2.24) is 15.6 Å². The first-order valence-corrected chi connectivity index (χ1v) is 9.04. The minimum Gasteiger partial charge on any atom is -0.495 e. The van der Waals surface area contributed by atoms with Crippen molar-refractivity contribution in [3.05, 3.63) is 23.2 Å². The minimum absolute atomic E-state index is 0.0650. The number of hydrazine groups is 1. The second-order valence-corrected chi connectivity index (χ2v) is 7.32. The fourth-order valence-corrected chi connectivity index (χ4v) is 3.32. The van der Waals surface area contributed by atoms with E-state index < -0.39 is 45.3 Å². The summed E-state index contributed by atoms with van der Waals surface area (Å²) in [5.41, 5.74) is -3.34. The molecule has 7 nitrogen and oxygen atoms in total. The minimum atomic E-state index is -5.90. The van der Waals surface area contributed by atoms with Crippen molar-refractivity contribution in [3.63, 3.8) is 0 Å². The molecule has 3 N–H and O–H groups in total. The van der Waals surface area contributed by atoms with Crippen molar-refractivity contribution in [1.29, 1.82) is 0 Å². The Balaban J connectivity index is 3.07. The maximum Gasteiger partial charge on any atom is 0.420 e. The molecular weight excluding hydrogens is 444 g/mol. The molecule has 0 aliphatic rings. The van der Waals surface area contributed by atoms with Crippen molar-refractivity contribution >= 4 is 27.7 Å². The first-order chi connectivity index (χ1) is 12.6. The fourth-order valence-electron chi connectivity index (χ4n) is 2.05. The second kappa shape index (κ2) is 8.21. The van der Waals surface area contributed by atoms with Crippen molar-refractivity contribution < 1.29 is 44.3 Å². The van der Waals surface area contributed by atoms with E-state index in [0.717, 1.165) is 24.6 Å². The van der Waals surface area contributed by atoms with Crippen molar-refractivity contribution in [3.8, 4) is 5.75 Å². The Morgan fingerprint density at radius 2 is 1.68 bits per heavy atom. The van der Waals surface area contributed by atoms with E-state index in [9.17, 15) is 39.6 Å². The zero-order chi connectivity index (χ0) is 22.0. The average Bonchev–Trinajstić information content (AvgIpc) is 2.55. The van der Waals surface area contributed by atoms with Gasteiger partial charge in [-0.05, 0) is 24.6 Å². The van der Waals surface area contributed by atoms with Crippen LogP contribution in [0.15, 0.2) is 23.1 Å². The van der Waals surface area contributed by atoms with Crippen LogP contribution in [0, 0.1) is 0 Å². The maximum absolute atomic E-state index is 13.0. The Kier molecular flexibility index (Phi) is 7.07. The van der Waals surface area contributed by atoms with Crippen LogP contribution in [0.1, 0.15) is 13.3 Å². The number of benzene rings is 1. The Morgan fingerprint density at radius 3 is 2.11 bits per heavy atom. The van der Waals surface area contributed by atoms with Gasteiger partial charge in [0.2, 0.25) is 5.54 Å². The molecule has 0 aromatic heterocycles. The van der Waals surface area contributed by atoms with E-state index in [1.807, 2.05) is 0 Å². The summed E-state index contributed by atoms with van der Waals surface area (Å²) in [5.74, 6) is -0.243. The summed E-state index contributed by atoms with van der Waals surface area (Å²) < 4.78 is 107. The molecule has 0 aliphatic carbocycles. The number of hydrogen-bond acceptors (Lipinski definition) is 4. The molecule has 0 aliphatic heterocycles. The van der Waals surface area contributed by atoms with E-state index in [1.54, 1.807) is 0 Å². The normalized spacial score (nSPS) is 13.2. The Hall–Kier alpha value is -1.93. The van der Waals surface area contributed by atoms with Crippen LogP contribution in [0.2, 0.25) is 5.02 Å². The Bertz CT molecular complexity index is 815. The standard InChI is InChI=1S/C13H14ClF6N3O4S/c1-3-11(12(15,16)17,13(18,19)20)21-10(24)22-23-28(25,26)9-6-7(14)4-5-8(9)27-2/h4-6,23H,3H2,1-2H3,(H2,21,22,24). The topological polar surface area (TPSA) is 96.5 Å². The van der Waals surface area contributed by atoms with Crippen LogP contribution in [-0.4, -0.2) is 39.5 Å². The number of rotatable bonds is 6. The number of methoxy groups -OCH3 is 1. The molecule has 0 saturated carbocycles. The van der Waals surface area contributed by atoms with E-state index in [2.05, 4.69) is 0 Å². The van der Waals surface area contributed by atoms with Gasteiger partial charge in [-0.2, -0.15) is 26.3 Å². The lowest BCUT2D eigenvalue weighted by Gasteiger charge is -2.36. The van der Waals surface area contributed by atoms with Crippen LogP contribution in [0.3, 0.4) is 0 Å². The third kappa shape index (κ3) is 4.91. The van der Waals surface area contributed by atoms with Crippen LogP contribution in [0.5, 0.6) is 5.75 Å². The van der Waals surface area contributed by atoms with Gasteiger partial charge in [-0.3, -0.25) is 5.43 Å². The number of nitrogens with one attached hydrogen (secondary N) is 3. The average molecular weight is 458 g/mol. The number of hydrogen-bond donors (Lipinski definition) is 3. The third-order valence-corrected chi connectivity index (χ3v) is 5.04. The van der Waals surface area contributed by atoms with Crippen molar-refractivity contribution in [2.45, 2.75) is 36.1 Å². The van der Waals surface area contributed by atoms with Gasteiger partial charge < -0.3 is 10.1 Å². The molecule has 1 rings (SSSR count). The van der Waals surface area contributed by atoms with Crippen molar-refractivity contribution in [2.75, 3.05) is 7.11 Å². The molecular formula is C13H14ClF6N3O4S. The molecule has 0 unspecified atom stereocenters. The molecule has 0 spiro atoms. The summed E-state index contributed by atoms with van der Waals surface area (Å²) >= 11 is 5.65. The predicted octanol–water partition coefficient (Wildman–Crippen LogP) is 3.11. The van der Waals surface area contributed by atoms with Gasteiger partial charge in [0.25, 0.3) is 10.0 Å². The highest BCUT2D eigenvalue weighted by molar-refractivity contribution is 7.89. The molecule has 160 valence electrons. The second-order valence-electron chi connectivity index (χ2n) is 5.23. The first kappa shape index (κ1) is 24.1. The summed E-state index contributed by atoms with van der Waals surface area (Å²) in [5, 5.41) is 0.675. The molecule has 0 fully saturated rings. The van der Waals surface area contributed by atoms with Gasteiger partial charge in [0.1, 0.15) is 10.6 Å². The zero-order valence-electron chi connectivity index (χ0n) is 14.1. The molecule has 2 amide bonds. The molecule has 0 bridgehead atoms. The maximum atomic E-state index is 13.0. The number of carbonyl (C=O) groups is 1. The Labute approximate surface area is 160 Å². The van der Waals surface area contributed by atoms with Gasteiger partial charge in [0.15, 0.2) is 0 Å². The molecule has 1 aromatic carbocycles. The van der Waals surface area contributed by atoms with Gasteiger partial charge in [0.05, 0.1) is 7.11 Å². The van der Waals surface area contributed by atoms with E-state index in [0.29, 0.717) is 6.92 Å². The van der Waals surface area contributed by atoms with E-state index >= 15 is 0 Å². The summed E-state index contributed by atoms with van der Waals surface area (Å²) in [6.45, 7) is 0.558. The SMILES string of the molecule is CCC(NC(=O)NNS(=O)(=O)c1cc(Cl)ccc1OC)(C(F)(F)F)C(F)(F)F. The lowest BCUT2D eigenvalue weighted by Crippen LogP contribution is -2.69. The lowest BCUT2D eigenvalue weighted by atomic mass is 9.94. The largest absolute Gasteiger partial charge is 0.495 e. The highest BCUT2D eigenvalue weighted by Crippen LogP contribution is 2.45. The van der Waals surface area contributed by atoms with E-state index in [1.165, 1.54) is 16.3 Å². The molecule has 15 heteroatoms. The fraction of sp³-hybridized carbons (Fsp3) is 0.462. The molecule has 0 radical (unpaired) electrons. The summed E-state index contributed by atoms with van der Waals surface area (Å²) in [7, 11) is -3.55. The number of amides is 2. The number of urea groups is 1. The monoisotopic (exact) mass is 457 g/mol. The third-order valence-electron chi connectivity index (χ3n) is 3.54. The number of ether oxygens (including phenoxy) is 1. The zero-order valence-corrected chi connectivity index (χ0v) is 15.7. The first-order valence-electron chi connectivity index (χ1n) is 7.18. The molecule has 0 heterocycles. The van der Waals surface area contributed by atoms with Gasteiger partial charge in [-0.1, -0.05) is 18.5 Å². The summed E-state index contributed by atoms with van der Waals surface area (Å²) in [4.78, 5) is 12.4. The molecule has 1 aromatic rings. The summed E-state index contributed by atoms with van der Waals surface area (Å²) in [6.07, 6.45) is -13.4. The number of halogens is 7. The molecule has 28 heavy (non-hydrogen) atoms. The van der Waals surface area contributed by atoms with Gasteiger partial charge in [0, 0.05) is 5.02 Å². The van der Waals surface area contributed by atoms with Crippen LogP contribution in [0.4, 0.5) is 31.1 Å². The van der Waals surface area contributed by atoms with Crippen LogP contribution < -0.4 is 20.3 Å². The highest BCUT2D eigenvalue weighted by Gasteiger charge is 2.70. The van der Waals surface area contributed by atoms with Crippen LogP contribution in [-0.2, 0) is 10.0 Å². The van der Waals surface area contributed by atoms with E-state index in [4.69, 9.17) is 16.3 Å². The number of sulfonamides is 1. The lowest BCUT2D eigenvalue weighted by molar-refractivity contribution is -0.304. The van der Waals surface area contributed by atoms with E-state index in [-0.39, 0.29) is 10.8 Å². The van der Waals surface area contributed by atoms with Crippen molar-refractivity contribution in [2.24, 2.45) is 0 Å². The highest BCUT2D eigenvalue weighted by atomic mass is 35.5. The van der Waals surface area contributed by atoms with Gasteiger partial charge >= 0.3 is 18.4 Å². The van der Waals surface area contributed by atoms with Crippen LogP contribution in [0.25, 0.3) is 0 Å². The van der Waals surface area contributed by atoms with Gasteiger partial charge in [-0.25, -0.2) is 13.2 Å². The predicted molar refractivity (Wildman–Crippen MR) is 85.1 cm³/mol. The van der Waals surface area contributed by atoms with Gasteiger partial charge in [-0.15, -0.1) is 4.83 Å². The number of alkyl halides is 6. The molecule has 0 atom stereocenters. The van der Waals surface area contributed by atoms with Crippen LogP contribution >= 0.6 is 11.6 Å². The summed E-state index contributed by atoms with van der Waals surface area (Å²) in [6, 6.07) is 1.22. The quantitative estimate of drug-likeness (QED) is 0.452. The smallest absolute Gasteiger partial charge is 0.420 e. The molecule has 0 saturated heterocycles. The Morgan fingerprint density at radius 1 is 1.14 bits per heavy atom.